The van der Waals surface area contributed by atoms with Crippen molar-refractivity contribution in [3.8, 4) is 5.75 Å². The van der Waals surface area contributed by atoms with Gasteiger partial charge in [-0.1, -0.05) is 36.4 Å². The third kappa shape index (κ3) is 5.74. The molecule has 0 spiro atoms. The van der Waals surface area contributed by atoms with Crippen molar-refractivity contribution in [1.82, 2.24) is 20.4 Å². The second-order valence-electron chi connectivity index (χ2n) is 9.94. The smallest absolute Gasteiger partial charge is 0.407 e. The standard InChI is InChI=1S/C28H34N4O6/c1-17(31(2)28(37)38)25(34)30-24(19-12-14-20(33)15-13-19)27(36)32-16-6-11-23(32)26(35)29-22-10-5-8-18-7-3-4-9-21(18)22/h3-4,7,9,12-15,17,22-24,33H,5-6,8,10-11,16H2,1-2H3,(H,29,35)(H,30,34)(H,37,38)/t17-,22+,23-,24-/m0/s1. The lowest BCUT2D eigenvalue weighted by molar-refractivity contribution is -0.142. The predicted molar refractivity (Wildman–Crippen MR) is 139 cm³/mol. The molecule has 10 nitrogen and oxygen atoms in total. The maximum Gasteiger partial charge on any atom is 0.407 e. The number of likely N-dealkylation sites (tertiary alicyclic amines) is 1. The van der Waals surface area contributed by atoms with Gasteiger partial charge in [0.1, 0.15) is 23.9 Å². The molecule has 4 N–H and O–H groups in total. The molecular weight excluding hydrogens is 488 g/mol. The van der Waals surface area contributed by atoms with Crippen LogP contribution in [0, 0.1) is 0 Å². The van der Waals surface area contributed by atoms with Gasteiger partial charge < -0.3 is 25.7 Å². The van der Waals surface area contributed by atoms with Crippen LogP contribution in [0.2, 0.25) is 0 Å². The normalized spacial score (nSPS) is 20.1. The summed E-state index contributed by atoms with van der Waals surface area (Å²) in [4.78, 5) is 53.9. The minimum absolute atomic E-state index is 0.00329. The monoisotopic (exact) mass is 522 g/mol. The molecule has 1 heterocycles. The molecule has 10 heteroatoms. The lowest BCUT2D eigenvalue weighted by atomic mass is 9.87. The maximum absolute atomic E-state index is 13.8. The zero-order valence-corrected chi connectivity index (χ0v) is 21.6. The van der Waals surface area contributed by atoms with Crippen LogP contribution in [0.5, 0.6) is 5.75 Å². The predicted octanol–water partition coefficient (Wildman–Crippen LogP) is 2.73. The summed E-state index contributed by atoms with van der Waals surface area (Å²) in [6.07, 6.45) is 2.62. The third-order valence-corrected chi connectivity index (χ3v) is 7.55. The van der Waals surface area contributed by atoms with E-state index in [-0.39, 0.29) is 17.7 Å². The van der Waals surface area contributed by atoms with E-state index in [0.717, 1.165) is 29.7 Å². The second-order valence-corrected chi connectivity index (χ2v) is 9.94. The number of aryl methyl sites for hydroxylation is 1. The first-order valence-electron chi connectivity index (χ1n) is 12.9. The van der Waals surface area contributed by atoms with Gasteiger partial charge in [-0.25, -0.2) is 4.79 Å². The minimum Gasteiger partial charge on any atom is -0.508 e. The maximum atomic E-state index is 13.8. The van der Waals surface area contributed by atoms with Gasteiger partial charge in [-0.05, 0) is 67.9 Å². The zero-order valence-electron chi connectivity index (χ0n) is 21.6. The molecule has 4 amide bonds. The summed E-state index contributed by atoms with van der Waals surface area (Å²) in [6.45, 7) is 1.78. The van der Waals surface area contributed by atoms with Crippen LogP contribution in [0.25, 0.3) is 0 Å². The van der Waals surface area contributed by atoms with Crippen LogP contribution in [-0.4, -0.2) is 69.5 Å². The molecule has 1 aliphatic carbocycles. The molecule has 0 bridgehead atoms. The molecule has 0 radical (unpaired) electrons. The van der Waals surface area contributed by atoms with E-state index in [1.807, 2.05) is 18.2 Å². The molecule has 38 heavy (non-hydrogen) atoms. The van der Waals surface area contributed by atoms with Crippen molar-refractivity contribution < 1.29 is 29.4 Å². The fourth-order valence-corrected chi connectivity index (χ4v) is 5.20. The fraction of sp³-hybridized carbons (Fsp3) is 0.429. The van der Waals surface area contributed by atoms with Gasteiger partial charge in [0.05, 0.1) is 6.04 Å². The summed E-state index contributed by atoms with van der Waals surface area (Å²) in [5, 5.41) is 24.8. The summed E-state index contributed by atoms with van der Waals surface area (Å²) in [5.74, 6) is -1.35. The number of nitrogens with zero attached hydrogens (tertiary/aromatic N) is 2. The molecule has 0 unspecified atom stereocenters. The first-order chi connectivity index (χ1) is 18.2. The lowest BCUT2D eigenvalue weighted by Gasteiger charge is -2.32. The molecule has 0 aromatic heterocycles. The molecule has 1 fully saturated rings. The number of rotatable bonds is 7. The van der Waals surface area contributed by atoms with Crippen LogP contribution in [0.15, 0.2) is 48.5 Å². The first-order valence-corrected chi connectivity index (χ1v) is 12.9. The highest BCUT2D eigenvalue weighted by Crippen LogP contribution is 2.31. The van der Waals surface area contributed by atoms with E-state index in [4.69, 9.17) is 0 Å². The Balaban J connectivity index is 1.54. The highest BCUT2D eigenvalue weighted by Gasteiger charge is 2.40. The third-order valence-electron chi connectivity index (χ3n) is 7.55. The van der Waals surface area contributed by atoms with Gasteiger partial charge in [0.2, 0.25) is 17.7 Å². The summed E-state index contributed by atoms with van der Waals surface area (Å²) in [7, 11) is 1.27. The van der Waals surface area contributed by atoms with Crippen molar-refractivity contribution in [3.05, 3.63) is 65.2 Å². The Morgan fingerprint density at radius 2 is 1.74 bits per heavy atom. The number of nitrogens with one attached hydrogen (secondary N) is 2. The van der Waals surface area contributed by atoms with Gasteiger partial charge in [0, 0.05) is 13.6 Å². The van der Waals surface area contributed by atoms with Crippen LogP contribution < -0.4 is 10.6 Å². The van der Waals surface area contributed by atoms with Gasteiger partial charge in [0.25, 0.3) is 0 Å². The summed E-state index contributed by atoms with van der Waals surface area (Å²) < 4.78 is 0. The number of benzene rings is 2. The van der Waals surface area contributed by atoms with E-state index >= 15 is 0 Å². The Labute approximate surface area is 221 Å². The molecule has 4 atom stereocenters. The van der Waals surface area contributed by atoms with E-state index in [1.165, 1.54) is 48.7 Å². The lowest BCUT2D eigenvalue weighted by Crippen LogP contribution is -2.53. The van der Waals surface area contributed by atoms with Crippen LogP contribution in [0.3, 0.4) is 0 Å². The minimum atomic E-state index is -1.28. The Bertz CT molecular complexity index is 1200. The summed E-state index contributed by atoms with van der Waals surface area (Å²) in [5.41, 5.74) is 2.74. The molecule has 2 aromatic rings. The number of hydrogen-bond acceptors (Lipinski definition) is 5. The number of likely N-dealkylation sites (N-methyl/N-ethyl adjacent to an activating group) is 1. The molecule has 2 aliphatic rings. The topological polar surface area (TPSA) is 139 Å². The number of aromatic hydroxyl groups is 1. The number of fused-ring (bicyclic) bond motifs is 1. The van der Waals surface area contributed by atoms with E-state index in [9.17, 15) is 29.4 Å². The van der Waals surface area contributed by atoms with E-state index in [0.29, 0.717) is 24.9 Å². The average Bonchev–Trinajstić information content (AvgIpc) is 3.41. The van der Waals surface area contributed by atoms with Crippen molar-refractivity contribution >= 4 is 23.8 Å². The second kappa shape index (κ2) is 11.5. The van der Waals surface area contributed by atoms with E-state index in [2.05, 4.69) is 16.7 Å². The van der Waals surface area contributed by atoms with Gasteiger partial charge >= 0.3 is 6.09 Å². The number of carboxylic acid groups (broad SMARTS) is 1. The van der Waals surface area contributed by atoms with Crippen LogP contribution in [-0.2, 0) is 20.8 Å². The number of phenols is 1. The van der Waals surface area contributed by atoms with Gasteiger partial charge in [-0.2, -0.15) is 0 Å². The summed E-state index contributed by atoms with van der Waals surface area (Å²) in [6, 6.07) is 10.9. The summed E-state index contributed by atoms with van der Waals surface area (Å²) >= 11 is 0. The molecule has 0 saturated carbocycles. The zero-order chi connectivity index (χ0) is 27.4. The molecule has 1 aliphatic heterocycles. The first kappa shape index (κ1) is 27.0. The number of phenolic OH excluding ortho intramolecular Hbond substituents is 1. The molecule has 1 saturated heterocycles. The number of amides is 4. The van der Waals surface area contributed by atoms with E-state index in [1.54, 1.807) is 0 Å². The van der Waals surface area contributed by atoms with Crippen molar-refractivity contribution in [3.63, 3.8) is 0 Å². The average molecular weight is 523 g/mol. The quantitative estimate of drug-likeness (QED) is 0.441. The van der Waals surface area contributed by atoms with Crippen molar-refractivity contribution in [2.24, 2.45) is 0 Å². The highest BCUT2D eigenvalue weighted by molar-refractivity contribution is 5.94. The Kier molecular flexibility index (Phi) is 8.19. The number of hydrogen-bond donors (Lipinski definition) is 4. The molecule has 2 aromatic carbocycles. The molecule has 202 valence electrons. The van der Waals surface area contributed by atoms with E-state index < -0.39 is 36.0 Å². The highest BCUT2D eigenvalue weighted by atomic mass is 16.4. The van der Waals surface area contributed by atoms with Gasteiger partial charge in [-0.3, -0.25) is 19.3 Å². The molecular formula is C28H34N4O6. The Morgan fingerprint density at radius 3 is 2.45 bits per heavy atom. The SMILES string of the molecule is C[C@@H](C(=O)N[C@H](C(=O)N1CCC[C@H]1C(=O)N[C@@H]1CCCc2ccccc21)c1ccc(O)cc1)N(C)C(=O)O. The van der Waals surface area contributed by atoms with Crippen molar-refractivity contribution in [2.45, 2.75) is 63.2 Å². The van der Waals surface area contributed by atoms with Crippen LogP contribution in [0.4, 0.5) is 4.79 Å². The van der Waals surface area contributed by atoms with Crippen molar-refractivity contribution in [2.75, 3.05) is 13.6 Å². The molecule has 4 rings (SSSR count). The van der Waals surface area contributed by atoms with Crippen molar-refractivity contribution in [1.29, 1.82) is 0 Å². The van der Waals surface area contributed by atoms with Crippen LogP contribution >= 0.6 is 0 Å². The Hall–Kier alpha value is -4.08. The number of carbonyl (C=O) groups is 4. The van der Waals surface area contributed by atoms with Gasteiger partial charge in [-0.15, -0.1) is 0 Å². The number of carbonyl (C=O) groups excluding carboxylic acids is 3. The fourth-order valence-electron chi connectivity index (χ4n) is 5.20. The largest absolute Gasteiger partial charge is 0.508 e. The van der Waals surface area contributed by atoms with Crippen LogP contribution in [0.1, 0.15) is 61.4 Å². The Morgan fingerprint density at radius 1 is 1.03 bits per heavy atom. The van der Waals surface area contributed by atoms with Gasteiger partial charge in [0.15, 0.2) is 0 Å².